The molecule has 0 aliphatic rings. The first-order valence-corrected chi connectivity index (χ1v) is 10.4. The highest BCUT2D eigenvalue weighted by atomic mass is 32.1. The molecule has 0 fully saturated rings. The molecule has 3 heteroatoms. The maximum absolute atomic E-state index is 6.27. The Bertz CT molecular complexity index is 994. The van der Waals surface area contributed by atoms with Crippen molar-refractivity contribution in [1.82, 2.24) is 0 Å². The highest BCUT2D eigenvalue weighted by Gasteiger charge is 2.20. The molecule has 29 heavy (non-hydrogen) atoms. The zero-order valence-electron chi connectivity index (χ0n) is 18.1. The maximum atomic E-state index is 6.27. The molecule has 0 aliphatic carbocycles. The van der Waals surface area contributed by atoms with Gasteiger partial charge in [0.05, 0.1) is 0 Å². The van der Waals surface area contributed by atoms with Gasteiger partial charge in [0, 0.05) is 16.0 Å². The third kappa shape index (κ3) is 5.57. The Kier molecular flexibility index (Phi) is 6.00. The normalized spacial score (nSPS) is 12.0. The van der Waals surface area contributed by atoms with Gasteiger partial charge in [-0.25, -0.2) is 0 Å². The highest BCUT2D eigenvalue weighted by Crippen LogP contribution is 2.42. The smallest absolute Gasteiger partial charge is 0.127 e. The van der Waals surface area contributed by atoms with Gasteiger partial charge in [-0.3, -0.25) is 0 Å². The molecule has 0 unspecified atom stereocenters. The zero-order chi connectivity index (χ0) is 21.2. The van der Waals surface area contributed by atoms with E-state index in [2.05, 4.69) is 78.4 Å². The Balaban J connectivity index is 2.21. The van der Waals surface area contributed by atoms with Crippen molar-refractivity contribution in [3.8, 4) is 33.8 Å². The second-order valence-electron chi connectivity index (χ2n) is 9.15. The van der Waals surface area contributed by atoms with E-state index in [1.807, 2.05) is 42.5 Å². The molecule has 0 heterocycles. The van der Waals surface area contributed by atoms with E-state index in [1.54, 1.807) is 0 Å². The molecule has 0 saturated carbocycles. The van der Waals surface area contributed by atoms with Gasteiger partial charge in [0.15, 0.2) is 0 Å². The summed E-state index contributed by atoms with van der Waals surface area (Å²) in [7, 11) is 0. The molecule has 0 spiro atoms. The van der Waals surface area contributed by atoms with Gasteiger partial charge in [0.25, 0.3) is 0 Å². The van der Waals surface area contributed by atoms with Gasteiger partial charge < -0.3 is 9.47 Å². The van der Waals surface area contributed by atoms with E-state index in [1.165, 1.54) is 0 Å². The van der Waals surface area contributed by atoms with Gasteiger partial charge >= 0.3 is 0 Å². The number of benzene rings is 3. The van der Waals surface area contributed by atoms with Crippen LogP contribution < -0.4 is 9.47 Å². The van der Waals surface area contributed by atoms with Crippen LogP contribution >= 0.6 is 12.6 Å². The highest BCUT2D eigenvalue weighted by molar-refractivity contribution is 7.80. The van der Waals surface area contributed by atoms with Gasteiger partial charge in [-0.1, -0.05) is 42.5 Å². The van der Waals surface area contributed by atoms with Gasteiger partial charge in [-0.05, 0) is 76.9 Å². The van der Waals surface area contributed by atoms with Crippen LogP contribution in [-0.2, 0) is 0 Å². The van der Waals surface area contributed by atoms with Crippen LogP contribution in [0.4, 0.5) is 0 Å². The Morgan fingerprint density at radius 3 is 1.48 bits per heavy atom. The van der Waals surface area contributed by atoms with Gasteiger partial charge in [-0.2, -0.15) is 0 Å². The van der Waals surface area contributed by atoms with Crippen LogP contribution in [-0.4, -0.2) is 11.2 Å². The summed E-state index contributed by atoms with van der Waals surface area (Å²) >= 11 is 4.61. The molecule has 3 aromatic carbocycles. The summed E-state index contributed by atoms with van der Waals surface area (Å²) < 4.78 is 12.5. The molecule has 152 valence electrons. The molecule has 0 N–H and O–H groups in total. The molecule has 0 saturated heterocycles. The van der Waals surface area contributed by atoms with Crippen LogP contribution in [0.2, 0.25) is 0 Å². The molecule has 2 nitrogen and oxygen atoms in total. The number of rotatable bonds is 4. The first-order chi connectivity index (χ1) is 13.5. The van der Waals surface area contributed by atoms with E-state index in [-0.39, 0.29) is 11.2 Å². The Morgan fingerprint density at radius 1 is 0.552 bits per heavy atom. The van der Waals surface area contributed by atoms with E-state index < -0.39 is 0 Å². The van der Waals surface area contributed by atoms with Crippen molar-refractivity contribution in [1.29, 1.82) is 0 Å². The fourth-order valence-electron chi connectivity index (χ4n) is 3.21. The molecule has 0 aromatic heterocycles. The van der Waals surface area contributed by atoms with Crippen molar-refractivity contribution < 1.29 is 9.47 Å². The van der Waals surface area contributed by atoms with Crippen molar-refractivity contribution in [3.63, 3.8) is 0 Å². The van der Waals surface area contributed by atoms with Crippen LogP contribution in [0.5, 0.6) is 11.5 Å². The third-order valence-electron chi connectivity index (χ3n) is 4.19. The minimum absolute atomic E-state index is 0.285. The van der Waals surface area contributed by atoms with E-state index in [4.69, 9.17) is 9.47 Å². The second kappa shape index (κ2) is 8.16. The summed E-state index contributed by atoms with van der Waals surface area (Å²) in [6.45, 7) is 12.4. The molecule has 0 bridgehead atoms. The minimum atomic E-state index is -0.290. The van der Waals surface area contributed by atoms with Crippen LogP contribution in [0.3, 0.4) is 0 Å². The lowest BCUT2D eigenvalue weighted by Gasteiger charge is -2.26. The Hall–Kier alpha value is -2.39. The summed E-state index contributed by atoms with van der Waals surface area (Å²) in [5.41, 5.74) is 3.68. The Morgan fingerprint density at radius 2 is 1.00 bits per heavy atom. The predicted octanol–water partition coefficient (Wildman–Crippen LogP) is 7.66. The molecule has 3 rings (SSSR count). The topological polar surface area (TPSA) is 18.5 Å². The number of hydrogen-bond donors (Lipinski definition) is 1. The second-order valence-corrected chi connectivity index (χ2v) is 9.67. The fourth-order valence-corrected chi connectivity index (χ4v) is 3.41. The lowest BCUT2D eigenvalue weighted by molar-refractivity contribution is 0.131. The summed E-state index contributed by atoms with van der Waals surface area (Å²) in [6, 6.07) is 22.6. The molecule has 3 aromatic rings. The summed E-state index contributed by atoms with van der Waals surface area (Å²) in [4.78, 5) is 0.906. The molecule has 0 amide bonds. The van der Waals surface area contributed by atoms with Gasteiger partial charge in [0.2, 0.25) is 0 Å². The largest absolute Gasteiger partial charge is 0.488 e. The van der Waals surface area contributed by atoms with E-state index >= 15 is 0 Å². The lowest BCUT2D eigenvalue weighted by Crippen LogP contribution is -2.23. The van der Waals surface area contributed by atoms with Crippen LogP contribution in [0.15, 0.2) is 71.6 Å². The van der Waals surface area contributed by atoms with E-state index in [0.29, 0.717) is 0 Å². The summed E-state index contributed by atoms with van der Waals surface area (Å²) in [5.74, 6) is 1.72. The third-order valence-corrected chi connectivity index (χ3v) is 4.47. The molecule has 0 radical (unpaired) electrons. The van der Waals surface area contributed by atoms with Crippen molar-refractivity contribution in [2.75, 3.05) is 0 Å². The number of thiol groups is 1. The van der Waals surface area contributed by atoms with E-state index in [9.17, 15) is 0 Å². The zero-order valence-corrected chi connectivity index (χ0v) is 19.0. The molecular weight excluding hydrogens is 376 g/mol. The minimum Gasteiger partial charge on any atom is -0.488 e. The van der Waals surface area contributed by atoms with Crippen LogP contribution in [0.1, 0.15) is 41.5 Å². The van der Waals surface area contributed by atoms with Gasteiger partial charge in [-0.15, -0.1) is 12.6 Å². The fraction of sp³-hybridized carbons (Fsp3) is 0.308. The number of para-hydroxylation sites is 2. The van der Waals surface area contributed by atoms with Crippen molar-refractivity contribution in [3.05, 3.63) is 66.7 Å². The van der Waals surface area contributed by atoms with E-state index in [0.717, 1.165) is 38.6 Å². The first kappa shape index (κ1) is 21.3. The predicted molar refractivity (Wildman–Crippen MR) is 125 cm³/mol. The average molecular weight is 407 g/mol. The first-order valence-electron chi connectivity index (χ1n) is 9.93. The lowest BCUT2D eigenvalue weighted by atomic mass is 9.93. The molecule has 0 atom stereocenters. The number of ether oxygens (including phenoxy) is 2. The van der Waals surface area contributed by atoms with Crippen LogP contribution in [0.25, 0.3) is 22.3 Å². The summed E-state index contributed by atoms with van der Waals surface area (Å²) in [6.07, 6.45) is 0. The molecule has 0 aliphatic heterocycles. The van der Waals surface area contributed by atoms with Crippen molar-refractivity contribution in [2.24, 2.45) is 0 Å². The standard InChI is InChI=1S/C26H30O2S/c1-25(2,3)27-23-13-9-7-11-20(23)19-16-15-18(29)17-22(19)21-12-8-10-14-24(21)28-26(4,5)6/h7-17,29H,1-6H3. The average Bonchev–Trinajstić information content (AvgIpc) is 2.60. The Labute approximate surface area is 180 Å². The molecular formula is C26H30O2S. The number of hydrogen-bond acceptors (Lipinski definition) is 3. The summed E-state index contributed by atoms with van der Waals surface area (Å²) in [5, 5.41) is 0. The van der Waals surface area contributed by atoms with Crippen molar-refractivity contribution >= 4 is 12.6 Å². The van der Waals surface area contributed by atoms with Crippen LogP contribution in [0, 0.1) is 0 Å². The van der Waals surface area contributed by atoms with Gasteiger partial charge in [0.1, 0.15) is 22.7 Å². The van der Waals surface area contributed by atoms with Crippen molar-refractivity contribution in [2.45, 2.75) is 57.6 Å². The SMILES string of the molecule is CC(C)(C)Oc1ccccc1-c1ccc(S)cc1-c1ccccc1OC(C)(C)C. The monoisotopic (exact) mass is 406 g/mol. The maximum Gasteiger partial charge on any atom is 0.127 e. The quantitative estimate of drug-likeness (QED) is 0.448.